The lowest BCUT2D eigenvalue weighted by Crippen LogP contribution is -2.26. The van der Waals surface area contributed by atoms with E-state index in [2.05, 4.69) is 10.4 Å². The van der Waals surface area contributed by atoms with Crippen LogP contribution in [0.3, 0.4) is 0 Å². The molecule has 26 heavy (non-hydrogen) atoms. The molecule has 0 saturated heterocycles. The summed E-state index contributed by atoms with van der Waals surface area (Å²) in [5.74, 6) is 0.992. The first-order chi connectivity index (χ1) is 12.4. The summed E-state index contributed by atoms with van der Waals surface area (Å²) in [6, 6.07) is 3.32. The van der Waals surface area contributed by atoms with E-state index in [4.69, 9.17) is 25.8 Å². The Morgan fingerprint density at radius 3 is 2.38 bits per heavy atom. The molecule has 8 heteroatoms. The van der Waals surface area contributed by atoms with E-state index >= 15 is 0 Å². The molecular weight excluding hydrogens is 358 g/mol. The van der Waals surface area contributed by atoms with Crippen LogP contribution in [0.15, 0.2) is 12.1 Å². The molecule has 1 aromatic carbocycles. The predicted octanol–water partition coefficient (Wildman–Crippen LogP) is 3.00. The van der Waals surface area contributed by atoms with E-state index in [9.17, 15) is 4.79 Å². The SMILES string of the molecule is COc1ccc(C(=O)NCCCn2nc(C)c(Cl)c2C)c(OC)c1OC. The number of amides is 1. The highest BCUT2D eigenvalue weighted by Crippen LogP contribution is 2.39. The van der Waals surface area contributed by atoms with Gasteiger partial charge < -0.3 is 19.5 Å². The first kappa shape index (κ1) is 19.9. The van der Waals surface area contributed by atoms with E-state index in [1.54, 1.807) is 12.1 Å². The molecule has 1 N–H and O–H groups in total. The minimum atomic E-state index is -0.241. The monoisotopic (exact) mass is 381 g/mol. The molecule has 7 nitrogen and oxygen atoms in total. The predicted molar refractivity (Wildman–Crippen MR) is 99.8 cm³/mol. The van der Waals surface area contributed by atoms with Crippen molar-refractivity contribution >= 4 is 17.5 Å². The highest BCUT2D eigenvalue weighted by molar-refractivity contribution is 6.31. The Balaban J connectivity index is 2.00. The highest BCUT2D eigenvalue weighted by Gasteiger charge is 2.20. The van der Waals surface area contributed by atoms with E-state index < -0.39 is 0 Å². The maximum absolute atomic E-state index is 12.5. The molecule has 0 radical (unpaired) electrons. The third-order valence-corrected chi connectivity index (χ3v) is 4.62. The Kier molecular flexibility index (Phi) is 6.74. The van der Waals surface area contributed by atoms with Crippen molar-refractivity contribution in [1.82, 2.24) is 15.1 Å². The van der Waals surface area contributed by atoms with Crippen LogP contribution in [0.1, 0.15) is 28.2 Å². The molecule has 2 aromatic rings. The summed E-state index contributed by atoms with van der Waals surface area (Å²) in [5, 5.41) is 7.94. The maximum Gasteiger partial charge on any atom is 0.255 e. The van der Waals surface area contributed by atoms with Gasteiger partial charge in [-0.25, -0.2) is 0 Å². The lowest BCUT2D eigenvalue weighted by atomic mass is 10.1. The van der Waals surface area contributed by atoms with Crippen LogP contribution in [0.25, 0.3) is 0 Å². The van der Waals surface area contributed by atoms with Gasteiger partial charge in [0.2, 0.25) is 5.75 Å². The lowest BCUT2D eigenvalue weighted by molar-refractivity contribution is 0.0948. The van der Waals surface area contributed by atoms with Crippen molar-refractivity contribution in [2.24, 2.45) is 0 Å². The van der Waals surface area contributed by atoms with Gasteiger partial charge in [-0.3, -0.25) is 9.48 Å². The molecule has 0 aliphatic rings. The summed E-state index contributed by atoms with van der Waals surface area (Å²) in [7, 11) is 4.52. The number of aromatic nitrogens is 2. The molecule has 0 fully saturated rings. The number of hydrogen-bond donors (Lipinski definition) is 1. The summed E-state index contributed by atoms with van der Waals surface area (Å²) < 4.78 is 17.7. The zero-order valence-corrected chi connectivity index (χ0v) is 16.4. The van der Waals surface area contributed by atoms with Crippen LogP contribution < -0.4 is 19.5 Å². The fraction of sp³-hybridized carbons (Fsp3) is 0.444. The summed E-state index contributed by atoms with van der Waals surface area (Å²) in [6.07, 6.45) is 0.722. The molecule has 0 saturated carbocycles. The van der Waals surface area contributed by atoms with Gasteiger partial charge in [-0.05, 0) is 32.4 Å². The molecule has 2 rings (SSSR count). The van der Waals surface area contributed by atoms with Gasteiger partial charge in [-0.15, -0.1) is 0 Å². The number of halogens is 1. The minimum absolute atomic E-state index is 0.241. The number of nitrogens with one attached hydrogen (secondary N) is 1. The number of rotatable bonds is 8. The first-order valence-electron chi connectivity index (χ1n) is 8.21. The Morgan fingerprint density at radius 1 is 1.15 bits per heavy atom. The fourth-order valence-corrected chi connectivity index (χ4v) is 2.83. The third-order valence-electron chi connectivity index (χ3n) is 4.07. The smallest absolute Gasteiger partial charge is 0.255 e. The van der Waals surface area contributed by atoms with Crippen LogP contribution in [0.2, 0.25) is 5.02 Å². The summed E-state index contributed by atoms with van der Waals surface area (Å²) in [6.45, 7) is 4.96. The molecule has 0 aliphatic carbocycles. The number of methoxy groups -OCH3 is 3. The third kappa shape index (κ3) is 4.04. The number of hydrogen-bond acceptors (Lipinski definition) is 5. The molecule has 1 amide bonds. The van der Waals surface area contributed by atoms with Gasteiger partial charge in [0.25, 0.3) is 5.91 Å². The van der Waals surface area contributed by atoms with Gasteiger partial charge >= 0.3 is 0 Å². The van der Waals surface area contributed by atoms with Crippen LogP contribution in [-0.2, 0) is 6.54 Å². The molecule has 142 valence electrons. The maximum atomic E-state index is 12.5. The number of carbonyl (C=O) groups excluding carboxylic acids is 1. The number of carbonyl (C=O) groups is 1. The van der Waals surface area contributed by atoms with Crippen LogP contribution in [0, 0.1) is 13.8 Å². The van der Waals surface area contributed by atoms with E-state index in [1.807, 2.05) is 18.5 Å². The van der Waals surface area contributed by atoms with Crippen LogP contribution in [-0.4, -0.2) is 43.6 Å². The number of ether oxygens (including phenoxy) is 3. The number of aryl methyl sites for hydroxylation is 2. The van der Waals surface area contributed by atoms with Gasteiger partial charge in [-0.1, -0.05) is 11.6 Å². The van der Waals surface area contributed by atoms with Crippen molar-refractivity contribution in [3.8, 4) is 17.2 Å². The van der Waals surface area contributed by atoms with Crippen molar-refractivity contribution in [2.45, 2.75) is 26.8 Å². The molecular formula is C18H24ClN3O4. The molecule has 0 aliphatic heterocycles. The van der Waals surface area contributed by atoms with E-state index in [0.717, 1.165) is 17.8 Å². The standard InChI is InChI=1S/C18H24ClN3O4/c1-11-15(19)12(2)22(21-11)10-6-9-20-18(23)13-7-8-14(24-3)17(26-5)16(13)25-4/h7-8H,6,9-10H2,1-5H3,(H,20,23). The lowest BCUT2D eigenvalue weighted by Gasteiger charge is -2.15. The summed E-state index contributed by atoms with van der Waals surface area (Å²) in [5.41, 5.74) is 2.12. The largest absolute Gasteiger partial charge is 0.493 e. The van der Waals surface area contributed by atoms with Crippen molar-refractivity contribution in [3.05, 3.63) is 34.1 Å². The highest BCUT2D eigenvalue weighted by atomic mass is 35.5. The van der Waals surface area contributed by atoms with Gasteiger partial charge in [-0.2, -0.15) is 5.10 Å². The minimum Gasteiger partial charge on any atom is -0.493 e. The summed E-state index contributed by atoms with van der Waals surface area (Å²) >= 11 is 6.14. The van der Waals surface area contributed by atoms with E-state index in [1.165, 1.54) is 21.3 Å². The van der Waals surface area contributed by atoms with Crippen molar-refractivity contribution in [2.75, 3.05) is 27.9 Å². The van der Waals surface area contributed by atoms with Gasteiger partial charge in [0.05, 0.1) is 43.3 Å². The van der Waals surface area contributed by atoms with E-state index in [0.29, 0.717) is 40.9 Å². The molecule has 0 atom stereocenters. The topological polar surface area (TPSA) is 74.6 Å². The molecule has 0 unspecified atom stereocenters. The summed E-state index contributed by atoms with van der Waals surface area (Å²) in [4.78, 5) is 12.5. The Hall–Kier alpha value is -2.41. The average Bonchev–Trinajstić information content (AvgIpc) is 2.90. The Labute approximate surface area is 158 Å². The second-order valence-electron chi connectivity index (χ2n) is 5.70. The average molecular weight is 382 g/mol. The quantitative estimate of drug-likeness (QED) is 0.711. The molecule has 0 bridgehead atoms. The van der Waals surface area contributed by atoms with Gasteiger partial charge in [0.1, 0.15) is 0 Å². The molecule has 1 aromatic heterocycles. The van der Waals surface area contributed by atoms with Crippen LogP contribution in [0.5, 0.6) is 17.2 Å². The Bertz CT molecular complexity index is 789. The van der Waals surface area contributed by atoms with E-state index in [-0.39, 0.29) is 5.91 Å². The van der Waals surface area contributed by atoms with Crippen molar-refractivity contribution < 1.29 is 19.0 Å². The normalized spacial score (nSPS) is 10.5. The van der Waals surface area contributed by atoms with Gasteiger partial charge in [0, 0.05) is 13.1 Å². The first-order valence-corrected chi connectivity index (χ1v) is 8.59. The number of benzene rings is 1. The number of nitrogens with zero attached hydrogens (tertiary/aromatic N) is 2. The Morgan fingerprint density at radius 2 is 1.85 bits per heavy atom. The van der Waals surface area contributed by atoms with Crippen LogP contribution in [0.4, 0.5) is 0 Å². The van der Waals surface area contributed by atoms with Crippen molar-refractivity contribution in [1.29, 1.82) is 0 Å². The molecule has 0 spiro atoms. The second kappa shape index (κ2) is 8.80. The van der Waals surface area contributed by atoms with Gasteiger partial charge in [0.15, 0.2) is 11.5 Å². The van der Waals surface area contributed by atoms with Crippen molar-refractivity contribution in [3.63, 3.8) is 0 Å². The second-order valence-corrected chi connectivity index (χ2v) is 6.08. The molecule has 1 heterocycles. The van der Waals surface area contributed by atoms with Crippen LogP contribution >= 0.6 is 11.6 Å². The zero-order chi connectivity index (χ0) is 19.3. The fourth-order valence-electron chi connectivity index (χ4n) is 2.70. The zero-order valence-electron chi connectivity index (χ0n) is 15.7.